The number of nitrogens with zero attached hydrogens (tertiary/aromatic N) is 3. The standard InChI is InChI=1S/C10H9N7O2/c11-10-13-7-5(4-12-15-7)8(14-10)16-17-9(18)6-2-1-3-19-6/h1-4H,(H,17,18)(H4,11,12,13,14,15,16). The number of fused-ring (bicyclic) bond motifs is 1. The highest BCUT2D eigenvalue weighted by Gasteiger charge is 2.11. The second kappa shape index (κ2) is 4.29. The van der Waals surface area contributed by atoms with Gasteiger partial charge in [0.1, 0.15) is 0 Å². The zero-order chi connectivity index (χ0) is 13.2. The molecule has 0 aliphatic carbocycles. The van der Waals surface area contributed by atoms with Crippen LogP contribution in [0.5, 0.6) is 0 Å². The Balaban J connectivity index is 1.82. The third-order valence-corrected chi connectivity index (χ3v) is 2.37. The summed E-state index contributed by atoms with van der Waals surface area (Å²) in [5.74, 6) is 0.152. The van der Waals surface area contributed by atoms with Crippen LogP contribution in [-0.4, -0.2) is 26.1 Å². The number of furan rings is 1. The van der Waals surface area contributed by atoms with Crippen LogP contribution < -0.4 is 16.6 Å². The van der Waals surface area contributed by atoms with Crippen LogP contribution in [0.25, 0.3) is 11.0 Å². The van der Waals surface area contributed by atoms with Gasteiger partial charge in [-0.1, -0.05) is 0 Å². The average Bonchev–Trinajstić information content (AvgIpc) is 3.05. The number of amides is 1. The Bertz CT molecular complexity index is 719. The van der Waals surface area contributed by atoms with E-state index in [9.17, 15) is 4.79 Å². The van der Waals surface area contributed by atoms with Gasteiger partial charge < -0.3 is 10.2 Å². The summed E-state index contributed by atoms with van der Waals surface area (Å²) in [6.45, 7) is 0. The SMILES string of the molecule is Nc1nc(NNC(=O)c2ccco2)c2cn[nH]c2n1. The number of anilines is 2. The van der Waals surface area contributed by atoms with Gasteiger partial charge in [0.25, 0.3) is 0 Å². The number of hydrogen-bond donors (Lipinski definition) is 4. The predicted octanol–water partition coefficient (Wildman–Crippen LogP) is 0.285. The Morgan fingerprint density at radius 2 is 2.32 bits per heavy atom. The van der Waals surface area contributed by atoms with E-state index in [-0.39, 0.29) is 11.7 Å². The van der Waals surface area contributed by atoms with E-state index in [4.69, 9.17) is 10.2 Å². The zero-order valence-electron chi connectivity index (χ0n) is 9.54. The maximum Gasteiger partial charge on any atom is 0.305 e. The fourth-order valence-corrected chi connectivity index (χ4v) is 1.53. The molecule has 0 aromatic carbocycles. The Hall–Kier alpha value is -3.10. The summed E-state index contributed by atoms with van der Waals surface area (Å²) in [5.41, 5.74) is 11.1. The third-order valence-electron chi connectivity index (χ3n) is 2.37. The number of carbonyl (C=O) groups is 1. The van der Waals surface area contributed by atoms with Crippen LogP contribution in [0.3, 0.4) is 0 Å². The molecule has 0 radical (unpaired) electrons. The van der Waals surface area contributed by atoms with Crippen molar-refractivity contribution in [2.75, 3.05) is 11.2 Å². The average molecular weight is 259 g/mol. The predicted molar refractivity (Wildman–Crippen MR) is 65.9 cm³/mol. The molecule has 5 N–H and O–H groups in total. The fraction of sp³-hybridized carbons (Fsp3) is 0. The molecule has 0 bridgehead atoms. The van der Waals surface area contributed by atoms with Crippen LogP contribution in [-0.2, 0) is 0 Å². The lowest BCUT2D eigenvalue weighted by Crippen LogP contribution is -2.29. The molecular formula is C10H9N7O2. The van der Waals surface area contributed by atoms with Crippen molar-refractivity contribution in [3.8, 4) is 0 Å². The normalized spacial score (nSPS) is 10.5. The molecule has 96 valence electrons. The summed E-state index contributed by atoms with van der Waals surface area (Å²) >= 11 is 0. The van der Waals surface area contributed by atoms with Gasteiger partial charge >= 0.3 is 5.91 Å². The maximum atomic E-state index is 11.7. The molecule has 0 aliphatic rings. The van der Waals surface area contributed by atoms with Crippen molar-refractivity contribution in [3.63, 3.8) is 0 Å². The molecule has 9 heteroatoms. The number of H-pyrrole nitrogens is 1. The number of aromatic amines is 1. The Labute approximate surface area is 106 Å². The van der Waals surface area contributed by atoms with Crippen molar-refractivity contribution in [1.82, 2.24) is 25.6 Å². The quantitative estimate of drug-likeness (QED) is 0.496. The van der Waals surface area contributed by atoms with Gasteiger partial charge in [0, 0.05) is 0 Å². The largest absolute Gasteiger partial charge is 0.459 e. The monoisotopic (exact) mass is 259 g/mol. The summed E-state index contributed by atoms with van der Waals surface area (Å²) in [4.78, 5) is 19.6. The topological polar surface area (TPSA) is 135 Å². The van der Waals surface area contributed by atoms with Crippen LogP contribution in [0.4, 0.5) is 11.8 Å². The molecule has 3 rings (SSSR count). The van der Waals surface area contributed by atoms with Crippen LogP contribution in [0.2, 0.25) is 0 Å². The van der Waals surface area contributed by atoms with Gasteiger partial charge in [-0.3, -0.25) is 20.7 Å². The number of nitrogens with one attached hydrogen (secondary N) is 3. The van der Waals surface area contributed by atoms with Crippen LogP contribution in [0.1, 0.15) is 10.6 Å². The van der Waals surface area contributed by atoms with E-state index in [1.807, 2.05) is 0 Å². The first-order valence-corrected chi connectivity index (χ1v) is 5.30. The number of nitrogens with two attached hydrogens (primary N) is 1. The van der Waals surface area contributed by atoms with Crippen molar-refractivity contribution >= 4 is 28.7 Å². The van der Waals surface area contributed by atoms with Crippen molar-refractivity contribution < 1.29 is 9.21 Å². The van der Waals surface area contributed by atoms with E-state index in [0.717, 1.165) is 0 Å². The molecular weight excluding hydrogens is 250 g/mol. The number of aromatic nitrogens is 4. The van der Waals surface area contributed by atoms with Crippen molar-refractivity contribution in [1.29, 1.82) is 0 Å². The fourth-order valence-electron chi connectivity index (χ4n) is 1.53. The Kier molecular flexibility index (Phi) is 2.49. The van der Waals surface area contributed by atoms with Crippen molar-refractivity contribution in [2.24, 2.45) is 0 Å². The Morgan fingerprint density at radius 1 is 1.42 bits per heavy atom. The van der Waals surface area contributed by atoms with Gasteiger partial charge in [-0.15, -0.1) is 0 Å². The van der Waals surface area contributed by atoms with Gasteiger partial charge in [0.15, 0.2) is 17.2 Å². The number of rotatable bonds is 3. The highest BCUT2D eigenvalue weighted by atomic mass is 16.3. The summed E-state index contributed by atoms with van der Waals surface area (Å²) in [6, 6.07) is 3.16. The van der Waals surface area contributed by atoms with Crippen molar-refractivity contribution in [2.45, 2.75) is 0 Å². The van der Waals surface area contributed by atoms with E-state index in [1.165, 1.54) is 12.5 Å². The van der Waals surface area contributed by atoms with Gasteiger partial charge in [0.05, 0.1) is 17.8 Å². The van der Waals surface area contributed by atoms with E-state index < -0.39 is 5.91 Å². The van der Waals surface area contributed by atoms with Crippen LogP contribution >= 0.6 is 0 Å². The van der Waals surface area contributed by atoms with Gasteiger partial charge in [-0.05, 0) is 12.1 Å². The second-order valence-corrected chi connectivity index (χ2v) is 3.62. The molecule has 1 amide bonds. The van der Waals surface area contributed by atoms with E-state index in [0.29, 0.717) is 16.9 Å². The highest BCUT2D eigenvalue weighted by molar-refractivity contribution is 5.93. The van der Waals surface area contributed by atoms with Crippen molar-refractivity contribution in [3.05, 3.63) is 30.4 Å². The number of hydrazine groups is 1. The molecule has 19 heavy (non-hydrogen) atoms. The highest BCUT2D eigenvalue weighted by Crippen LogP contribution is 2.17. The van der Waals surface area contributed by atoms with E-state index >= 15 is 0 Å². The van der Waals surface area contributed by atoms with Gasteiger partial charge in [-0.2, -0.15) is 15.1 Å². The molecule has 0 fully saturated rings. The lowest BCUT2D eigenvalue weighted by molar-refractivity contribution is 0.0935. The second-order valence-electron chi connectivity index (χ2n) is 3.62. The molecule has 0 aliphatic heterocycles. The molecule has 0 spiro atoms. The van der Waals surface area contributed by atoms with Crippen LogP contribution in [0.15, 0.2) is 29.0 Å². The minimum atomic E-state index is -0.432. The lowest BCUT2D eigenvalue weighted by Gasteiger charge is -2.07. The summed E-state index contributed by atoms with van der Waals surface area (Å²) < 4.78 is 4.95. The summed E-state index contributed by atoms with van der Waals surface area (Å²) in [7, 11) is 0. The number of carbonyl (C=O) groups excluding carboxylic acids is 1. The minimum absolute atomic E-state index is 0.0616. The minimum Gasteiger partial charge on any atom is -0.459 e. The first-order valence-electron chi connectivity index (χ1n) is 5.30. The number of hydrogen-bond acceptors (Lipinski definition) is 7. The smallest absolute Gasteiger partial charge is 0.305 e. The van der Waals surface area contributed by atoms with Gasteiger partial charge in [0.2, 0.25) is 5.95 Å². The van der Waals surface area contributed by atoms with E-state index in [1.54, 1.807) is 12.1 Å². The molecule has 3 heterocycles. The third kappa shape index (κ3) is 2.04. The maximum absolute atomic E-state index is 11.7. The lowest BCUT2D eigenvalue weighted by atomic mass is 10.4. The number of nitrogen functional groups attached to an aromatic ring is 1. The van der Waals surface area contributed by atoms with Crippen LogP contribution in [0, 0.1) is 0 Å². The molecule has 9 nitrogen and oxygen atoms in total. The first-order chi connectivity index (χ1) is 9.24. The Morgan fingerprint density at radius 3 is 3.11 bits per heavy atom. The molecule has 0 atom stereocenters. The molecule has 3 aromatic heterocycles. The van der Waals surface area contributed by atoms with Gasteiger partial charge in [-0.25, -0.2) is 0 Å². The zero-order valence-corrected chi connectivity index (χ0v) is 9.54. The summed E-state index contributed by atoms with van der Waals surface area (Å²) in [5, 5.41) is 7.09. The first kappa shape index (κ1) is 11.0. The van der Waals surface area contributed by atoms with E-state index in [2.05, 4.69) is 31.0 Å². The molecule has 3 aromatic rings. The molecule has 0 saturated heterocycles. The molecule has 0 unspecified atom stereocenters. The molecule has 0 saturated carbocycles. The summed E-state index contributed by atoms with van der Waals surface area (Å²) in [6.07, 6.45) is 2.93.